The van der Waals surface area contributed by atoms with Crippen LogP contribution in [0, 0.1) is 0 Å². The molecule has 0 aliphatic heterocycles. The van der Waals surface area contributed by atoms with Crippen LogP contribution in [0.1, 0.15) is 13.8 Å². The number of carbonyl (C=O) groups is 1. The first-order chi connectivity index (χ1) is 9.69. The maximum Gasteiger partial charge on any atom is 0.239 e. The van der Waals surface area contributed by atoms with Crippen LogP contribution in [0.3, 0.4) is 0 Å². The number of anilines is 2. The second-order valence-electron chi connectivity index (χ2n) is 4.19. The van der Waals surface area contributed by atoms with E-state index in [1.54, 1.807) is 13.4 Å². The molecule has 0 fully saturated rings. The number of fused-ring (bicyclic) bond motifs is 1. The Morgan fingerprint density at radius 1 is 1.40 bits per heavy atom. The fourth-order valence-electron chi connectivity index (χ4n) is 1.92. The van der Waals surface area contributed by atoms with Crippen LogP contribution in [0.25, 0.3) is 11.2 Å². The second-order valence-corrected chi connectivity index (χ2v) is 4.19. The van der Waals surface area contributed by atoms with Crippen LogP contribution < -0.4 is 15.5 Å². The van der Waals surface area contributed by atoms with Gasteiger partial charge in [-0.05, 0) is 13.8 Å². The highest BCUT2D eigenvalue weighted by Crippen LogP contribution is 2.22. The molecule has 108 valence electrons. The van der Waals surface area contributed by atoms with Gasteiger partial charge in [-0.2, -0.15) is 9.97 Å². The number of amides is 1. The topological polar surface area (TPSA) is 98.8 Å². The summed E-state index contributed by atoms with van der Waals surface area (Å²) in [7, 11) is 1.75. The Morgan fingerprint density at radius 3 is 2.85 bits per heavy atom. The Bertz CT molecular complexity index is 595. The van der Waals surface area contributed by atoms with E-state index in [1.165, 1.54) is 0 Å². The highest BCUT2D eigenvalue weighted by atomic mass is 16.2. The van der Waals surface area contributed by atoms with Crippen LogP contribution >= 0.6 is 0 Å². The number of nitrogens with one attached hydrogen (secondary N) is 3. The molecule has 0 aliphatic carbocycles. The third kappa shape index (κ3) is 2.79. The van der Waals surface area contributed by atoms with Crippen molar-refractivity contribution in [2.24, 2.45) is 0 Å². The molecule has 2 aromatic rings. The number of H-pyrrole nitrogens is 1. The van der Waals surface area contributed by atoms with Crippen molar-refractivity contribution in [2.45, 2.75) is 13.8 Å². The van der Waals surface area contributed by atoms with Crippen molar-refractivity contribution in [1.29, 1.82) is 0 Å². The van der Waals surface area contributed by atoms with Gasteiger partial charge < -0.3 is 20.5 Å². The summed E-state index contributed by atoms with van der Waals surface area (Å²) in [5, 5.41) is 5.69. The number of imidazole rings is 1. The van der Waals surface area contributed by atoms with Gasteiger partial charge >= 0.3 is 0 Å². The summed E-state index contributed by atoms with van der Waals surface area (Å²) in [6, 6.07) is 0. The summed E-state index contributed by atoms with van der Waals surface area (Å²) in [6.07, 6.45) is 1.57. The highest BCUT2D eigenvalue weighted by Gasteiger charge is 2.17. The smallest absolute Gasteiger partial charge is 0.239 e. The van der Waals surface area contributed by atoms with Gasteiger partial charge in [-0.15, -0.1) is 0 Å². The molecule has 0 unspecified atom stereocenters. The molecular formula is C12H19N7O. The van der Waals surface area contributed by atoms with Gasteiger partial charge in [0, 0.05) is 20.1 Å². The predicted octanol–water partition coefficient (Wildman–Crippen LogP) is 0.357. The zero-order chi connectivity index (χ0) is 14.5. The van der Waals surface area contributed by atoms with E-state index in [1.807, 2.05) is 18.7 Å². The fraction of sp³-hybridized carbons (Fsp3) is 0.500. The van der Waals surface area contributed by atoms with Crippen LogP contribution in [-0.4, -0.2) is 52.5 Å². The van der Waals surface area contributed by atoms with Crippen LogP contribution in [0.2, 0.25) is 0 Å². The van der Waals surface area contributed by atoms with E-state index in [9.17, 15) is 4.79 Å². The summed E-state index contributed by atoms with van der Waals surface area (Å²) < 4.78 is 0. The third-order valence-corrected chi connectivity index (χ3v) is 2.88. The normalized spacial score (nSPS) is 10.6. The summed E-state index contributed by atoms with van der Waals surface area (Å²) in [5.74, 6) is 1.12. The SMILES string of the molecule is CCNC(=O)CN(CC)c1nc(NC)nc2nc[nH]c12. The van der Waals surface area contributed by atoms with Crippen molar-refractivity contribution in [1.82, 2.24) is 25.3 Å². The van der Waals surface area contributed by atoms with Crippen molar-refractivity contribution in [3.8, 4) is 0 Å². The Kier molecular flexibility index (Phi) is 4.34. The molecule has 0 radical (unpaired) electrons. The van der Waals surface area contributed by atoms with Gasteiger partial charge in [-0.3, -0.25) is 4.79 Å². The van der Waals surface area contributed by atoms with Crippen molar-refractivity contribution < 1.29 is 4.79 Å². The van der Waals surface area contributed by atoms with Gasteiger partial charge in [-0.1, -0.05) is 0 Å². The fourth-order valence-corrected chi connectivity index (χ4v) is 1.92. The van der Waals surface area contributed by atoms with Crippen molar-refractivity contribution >= 4 is 28.8 Å². The number of hydrogen-bond acceptors (Lipinski definition) is 6. The van der Waals surface area contributed by atoms with Crippen LogP contribution in [0.15, 0.2) is 6.33 Å². The number of aromatic nitrogens is 4. The van der Waals surface area contributed by atoms with E-state index in [0.29, 0.717) is 30.5 Å². The molecule has 0 atom stereocenters. The monoisotopic (exact) mass is 277 g/mol. The molecular weight excluding hydrogens is 258 g/mol. The molecule has 0 aliphatic rings. The zero-order valence-corrected chi connectivity index (χ0v) is 11.9. The Balaban J connectivity index is 2.37. The maximum atomic E-state index is 11.8. The Morgan fingerprint density at radius 2 is 2.20 bits per heavy atom. The van der Waals surface area contributed by atoms with Crippen molar-refractivity contribution in [3.05, 3.63) is 6.33 Å². The van der Waals surface area contributed by atoms with E-state index in [4.69, 9.17) is 0 Å². The molecule has 20 heavy (non-hydrogen) atoms. The minimum absolute atomic E-state index is 0.0355. The first-order valence-electron chi connectivity index (χ1n) is 6.60. The molecule has 2 rings (SSSR count). The molecule has 2 aromatic heterocycles. The van der Waals surface area contributed by atoms with E-state index in [2.05, 4.69) is 30.6 Å². The average Bonchev–Trinajstić information content (AvgIpc) is 2.92. The summed E-state index contributed by atoms with van der Waals surface area (Å²) in [5.41, 5.74) is 1.31. The lowest BCUT2D eigenvalue weighted by molar-refractivity contribution is -0.119. The number of likely N-dealkylation sites (N-methyl/N-ethyl adjacent to an activating group) is 2. The minimum atomic E-state index is -0.0355. The first kappa shape index (κ1) is 14.0. The summed E-state index contributed by atoms with van der Waals surface area (Å²) >= 11 is 0. The summed E-state index contributed by atoms with van der Waals surface area (Å²) in [4.78, 5) is 29.5. The Labute approximate surface area is 117 Å². The molecule has 0 saturated carbocycles. The van der Waals surface area contributed by atoms with E-state index >= 15 is 0 Å². The molecule has 3 N–H and O–H groups in total. The number of carbonyl (C=O) groups excluding carboxylic acids is 1. The van der Waals surface area contributed by atoms with Gasteiger partial charge in [0.05, 0.1) is 12.9 Å². The van der Waals surface area contributed by atoms with Gasteiger partial charge in [0.2, 0.25) is 11.9 Å². The zero-order valence-electron chi connectivity index (χ0n) is 11.9. The predicted molar refractivity (Wildman–Crippen MR) is 77.8 cm³/mol. The molecule has 0 bridgehead atoms. The minimum Gasteiger partial charge on any atom is -0.357 e. The third-order valence-electron chi connectivity index (χ3n) is 2.88. The van der Waals surface area contributed by atoms with Crippen molar-refractivity contribution in [2.75, 3.05) is 36.9 Å². The number of hydrogen-bond donors (Lipinski definition) is 3. The molecule has 8 heteroatoms. The van der Waals surface area contributed by atoms with E-state index in [-0.39, 0.29) is 12.5 Å². The Hall–Kier alpha value is -2.38. The number of aromatic amines is 1. The standard InChI is InChI=1S/C12H19N7O/c1-4-14-8(20)6-19(5-2)11-9-10(16-7-15-9)17-12(13-3)18-11/h7H,4-6H2,1-3H3,(H,14,20)(H2,13,15,16,17,18). The largest absolute Gasteiger partial charge is 0.357 e. The lowest BCUT2D eigenvalue weighted by Crippen LogP contribution is -2.37. The second kappa shape index (κ2) is 6.18. The lowest BCUT2D eigenvalue weighted by atomic mass is 10.4. The summed E-state index contributed by atoms with van der Waals surface area (Å²) in [6.45, 7) is 5.39. The van der Waals surface area contributed by atoms with Gasteiger partial charge in [0.15, 0.2) is 11.5 Å². The molecule has 2 heterocycles. The molecule has 1 amide bonds. The van der Waals surface area contributed by atoms with Gasteiger partial charge in [-0.25, -0.2) is 4.98 Å². The van der Waals surface area contributed by atoms with Crippen molar-refractivity contribution in [3.63, 3.8) is 0 Å². The number of nitrogens with zero attached hydrogens (tertiary/aromatic N) is 4. The van der Waals surface area contributed by atoms with Gasteiger partial charge in [0.1, 0.15) is 5.52 Å². The lowest BCUT2D eigenvalue weighted by Gasteiger charge is -2.21. The van der Waals surface area contributed by atoms with Crippen LogP contribution in [-0.2, 0) is 4.79 Å². The van der Waals surface area contributed by atoms with E-state index < -0.39 is 0 Å². The molecule has 8 nitrogen and oxygen atoms in total. The average molecular weight is 277 g/mol. The molecule has 0 saturated heterocycles. The van der Waals surface area contributed by atoms with E-state index in [0.717, 1.165) is 5.52 Å². The quantitative estimate of drug-likeness (QED) is 0.705. The molecule has 0 spiro atoms. The van der Waals surface area contributed by atoms with Gasteiger partial charge in [0.25, 0.3) is 0 Å². The number of rotatable bonds is 6. The van der Waals surface area contributed by atoms with Crippen LogP contribution in [0.4, 0.5) is 11.8 Å². The highest BCUT2D eigenvalue weighted by molar-refractivity contribution is 5.88. The maximum absolute atomic E-state index is 11.8. The molecule has 0 aromatic carbocycles. The van der Waals surface area contributed by atoms with Crippen LogP contribution in [0.5, 0.6) is 0 Å². The first-order valence-corrected chi connectivity index (χ1v) is 6.60.